The number of nitrogens with zero attached hydrogens (tertiary/aromatic N) is 2. The van der Waals surface area contributed by atoms with Gasteiger partial charge in [0.15, 0.2) is 0 Å². The number of aromatic nitrogens is 1. The molecule has 0 unspecified atom stereocenters. The van der Waals surface area contributed by atoms with Gasteiger partial charge in [0.1, 0.15) is 11.4 Å². The Kier molecular flexibility index (Phi) is 9.61. The quantitative estimate of drug-likeness (QED) is 0.419. The van der Waals surface area contributed by atoms with Crippen LogP contribution in [-0.4, -0.2) is 59.7 Å². The Balaban J connectivity index is 1.40. The Morgan fingerprint density at radius 1 is 0.974 bits per heavy atom. The molecule has 2 heterocycles. The third-order valence-corrected chi connectivity index (χ3v) is 7.23. The molecule has 3 N–H and O–H groups in total. The monoisotopic (exact) mass is 521 g/mol. The molecule has 1 aliphatic heterocycles. The van der Waals surface area contributed by atoms with Gasteiger partial charge in [-0.15, -0.1) is 0 Å². The molecule has 2 aromatic rings. The smallest absolute Gasteiger partial charge is 0.407 e. The molecule has 8 heteroatoms. The van der Waals surface area contributed by atoms with Gasteiger partial charge in [0.05, 0.1) is 5.56 Å². The average Bonchev–Trinajstić information content (AvgIpc) is 2.89. The number of benzene rings is 1. The average molecular weight is 522 g/mol. The lowest BCUT2D eigenvalue weighted by Crippen LogP contribution is -2.40. The van der Waals surface area contributed by atoms with E-state index in [1.54, 1.807) is 0 Å². The van der Waals surface area contributed by atoms with Gasteiger partial charge >= 0.3 is 6.09 Å². The molecule has 1 aromatic carbocycles. The second kappa shape index (κ2) is 13.1. The Morgan fingerprint density at radius 2 is 1.68 bits per heavy atom. The van der Waals surface area contributed by atoms with E-state index in [1.165, 1.54) is 19.3 Å². The fraction of sp³-hybridized carbons (Fsp3) is 0.567. The van der Waals surface area contributed by atoms with Gasteiger partial charge in [0, 0.05) is 36.4 Å². The molecule has 0 spiro atoms. The van der Waals surface area contributed by atoms with E-state index in [9.17, 15) is 9.59 Å². The minimum Gasteiger partial charge on any atom is -0.444 e. The topological polar surface area (TPSA) is 95.6 Å². The van der Waals surface area contributed by atoms with Crippen molar-refractivity contribution < 1.29 is 14.3 Å². The summed E-state index contributed by atoms with van der Waals surface area (Å²) in [6.45, 7) is 9.34. The van der Waals surface area contributed by atoms with Gasteiger partial charge in [-0.1, -0.05) is 24.6 Å². The van der Waals surface area contributed by atoms with Gasteiger partial charge < -0.3 is 25.6 Å². The molecule has 206 valence electrons. The maximum Gasteiger partial charge on any atom is 0.407 e. The highest BCUT2D eigenvalue weighted by atomic mass is 16.6. The molecule has 1 saturated heterocycles. The van der Waals surface area contributed by atoms with Crippen LogP contribution in [0.2, 0.25) is 0 Å². The van der Waals surface area contributed by atoms with Crippen LogP contribution in [0, 0.1) is 0 Å². The minimum absolute atomic E-state index is 0.105. The molecule has 2 amide bonds. The molecule has 1 saturated carbocycles. The zero-order valence-corrected chi connectivity index (χ0v) is 23.1. The van der Waals surface area contributed by atoms with E-state index in [0.717, 1.165) is 56.7 Å². The number of alkyl carbamates (subject to hydrolysis) is 1. The van der Waals surface area contributed by atoms with Crippen molar-refractivity contribution in [3.8, 4) is 0 Å². The van der Waals surface area contributed by atoms with Crippen molar-refractivity contribution in [3.05, 3.63) is 53.7 Å². The number of nitrogens with one attached hydrogen (secondary N) is 3. The standard InChI is InChI=1S/C30H43N5O3/c1-30(2,3)38-29(37)33-24-14-12-22(13-15-24)26-17-16-25(27(34-26)32-23-10-6-4-7-11-23)28(36)31-18-21-35-19-8-5-9-20-35/h4,6-7,10-11,16-17,22,24H,5,8-9,12-15,18-21H2,1-3H3,(H,31,36)(H,32,34)(H,33,37). The lowest BCUT2D eigenvalue weighted by atomic mass is 9.83. The molecule has 2 fully saturated rings. The van der Waals surface area contributed by atoms with Crippen LogP contribution in [0.1, 0.15) is 87.7 Å². The van der Waals surface area contributed by atoms with Crippen LogP contribution in [0.15, 0.2) is 42.5 Å². The second-order valence-electron chi connectivity index (χ2n) is 11.5. The predicted molar refractivity (Wildman–Crippen MR) is 151 cm³/mol. The number of carbonyl (C=O) groups is 2. The molecule has 0 radical (unpaired) electrons. The fourth-order valence-corrected chi connectivity index (χ4v) is 5.25. The first-order valence-electron chi connectivity index (χ1n) is 14.1. The maximum absolute atomic E-state index is 13.2. The van der Waals surface area contributed by atoms with E-state index in [-0.39, 0.29) is 24.0 Å². The fourth-order valence-electron chi connectivity index (χ4n) is 5.25. The van der Waals surface area contributed by atoms with E-state index in [2.05, 4.69) is 20.9 Å². The van der Waals surface area contributed by atoms with E-state index in [1.807, 2.05) is 63.2 Å². The molecular formula is C30H43N5O3. The van der Waals surface area contributed by atoms with E-state index in [0.29, 0.717) is 17.9 Å². The highest BCUT2D eigenvalue weighted by Gasteiger charge is 2.27. The number of rotatable bonds is 8. The SMILES string of the molecule is CC(C)(C)OC(=O)NC1CCC(c2ccc(C(=O)NCCN3CCCCC3)c(Nc3ccccc3)n2)CC1. The van der Waals surface area contributed by atoms with Crippen molar-refractivity contribution in [2.75, 3.05) is 31.5 Å². The number of likely N-dealkylation sites (tertiary alicyclic amines) is 1. The number of carbonyl (C=O) groups excluding carboxylic acids is 2. The van der Waals surface area contributed by atoms with Crippen LogP contribution in [-0.2, 0) is 4.74 Å². The molecule has 1 aromatic heterocycles. The molecule has 8 nitrogen and oxygen atoms in total. The molecule has 0 atom stereocenters. The molecule has 38 heavy (non-hydrogen) atoms. The number of piperidine rings is 1. The van der Waals surface area contributed by atoms with Crippen molar-refractivity contribution in [1.29, 1.82) is 0 Å². The van der Waals surface area contributed by atoms with Crippen molar-refractivity contribution >= 4 is 23.5 Å². The van der Waals surface area contributed by atoms with Crippen LogP contribution in [0.5, 0.6) is 0 Å². The summed E-state index contributed by atoms with van der Waals surface area (Å²) >= 11 is 0. The summed E-state index contributed by atoms with van der Waals surface area (Å²) < 4.78 is 5.41. The van der Waals surface area contributed by atoms with Crippen LogP contribution >= 0.6 is 0 Å². The molecule has 0 bridgehead atoms. The molecular weight excluding hydrogens is 478 g/mol. The van der Waals surface area contributed by atoms with Crippen molar-refractivity contribution in [1.82, 2.24) is 20.5 Å². The first-order chi connectivity index (χ1) is 18.3. The van der Waals surface area contributed by atoms with Crippen molar-refractivity contribution in [2.24, 2.45) is 0 Å². The van der Waals surface area contributed by atoms with Crippen molar-refractivity contribution in [2.45, 2.75) is 83.3 Å². The Labute approximate surface area is 226 Å². The Morgan fingerprint density at radius 3 is 2.37 bits per heavy atom. The van der Waals surface area contributed by atoms with E-state index in [4.69, 9.17) is 9.72 Å². The largest absolute Gasteiger partial charge is 0.444 e. The highest BCUT2D eigenvalue weighted by molar-refractivity contribution is 5.99. The van der Waals surface area contributed by atoms with Crippen molar-refractivity contribution in [3.63, 3.8) is 0 Å². The normalized spacial score (nSPS) is 20.4. The van der Waals surface area contributed by atoms with E-state index >= 15 is 0 Å². The second-order valence-corrected chi connectivity index (χ2v) is 11.5. The van der Waals surface area contributed by atoms with Gasteiger partial charge in [-0.05, 0) is 96.7 Å². The molecule has 2 aliphatic rings. The van der Waals surface area contributed by atoms with Gasteiger partial charge in [-0.3, -0.25) is 4.79 Å². The number of hydrogen-bond acceptors (Lipinski definition) is 6. The lowest BCUT2D eigenvalue weighted by molar-refractivity contribution is 0.0491. The summed E-state index contributed by atoms with van der Waals surface area (Å²) in [5, 5.41) is 9.48. The third kappa shape index (κ3) is 8.45. The number of hydrogen-bond donors (Lipinski definition) is 3. The summed E-state index contributed by atoms with van der Waals surface area (Å²) in [6, 6.07) is 13.8. The first-order valence-corrected chi connectivity index (χ1v) is 14.1. The van der Waals surface area contributed by atoms with Gasteiger partial charge in [-0.2, -0.15) is 0 Å². The van der Waals surface area contributed by atoms with Crippen LogP contribution in [0.25, 0.3) is 0 Å². The lowest BCUT2D eigenvalue weighted by Gasteiger charge is -2.30. The van der Waals surface area contributed by atoms with E-state index < -0.39 is 5.60 Å². The third-order valence-electron chi connectivity index (χ3n) is 7.23. The Bertz CT molecular complexity index is 1060. The number of ether oxygens (including phenoxy) is 1. The first kappa shape index (κ1) is 27.9. The summed E-state index contributed by atoms with van der Waals surface area (Å²) in [5.41, 5.74) is 1.92. The zero-order chi connectivity index (χ0) is 27.0. The summed E-state index contributed by atoms with van der Waals surface area (Å²) in [6.07, 6.45) is 6.99. The highest BCUT2D eigenvalue weighted by Crippen LogP contribution is 2.33. The van der Waals surface area contributed by atoms with Gasteiger partial charge in [0.25, 0.3) is 5.91 Å². The summed E-state index contributed by atoms with van der Waals surface area (Å²) in [7, 11) is 0. The van der Waals surface area contributed by atoms with Gasteiger partial charge in [0.2, 0.25) is 0 Å². The Hall–Kier alpha value is -3.13. The number of pyridine rings is 1. The predicted octanol–water partition coefficient (Wildman–Crippen LogP) is 5.59. The number of anilines is 2. The minimum atomic E-state index is -0.505. The summed E-state index contributed by atoms with van der Waals surface area (Å²) in [4.78, 5) is 32.7. The molecule has 4 rings (SSSR count). The number of para-hydroxylation sites is 1. The molecule has 1 aliphatic carbocycles. The number of amides is 2. The zero-order valence-electron chi connectivity index (χ0n) is 23.1. The van der Waals surface area contributed by atoms with Gasteiger partial charge in [-0.25, -0.2) is 9.78 Å². The van der Waals surface area contributed by atoms with Crippen LogP contribution < -0.4 is 16.0 Å². The summed E-state index contributed by atoms with van der Waals surface area (Å²) in [5.74, 6) is 0.752. The van der Waals surface area contributed by atoms with Crippen LogP contribution in [0.3, 0.4) is 0 Å². The van der Waals surface area contributed by atoms with Crippen LogP contribution in [0.4, 0.5) is 16.3 Å². The maximum atomic E-state index is 13.2.